The predicted octanol–water partition coefficient (Wildman–Crippen LogP) is 2.43. The number of benzene rings is 1. The number of H-pyrrole nitrogens is 1. The normalized spacial score (nSPS) is 17.1. The quantitative estimate of drug-likeness (QED) is 0.857. The molecule has 0 bridgehead atoms. The molecule has 0 unspecified atom stereocenters. The van der Waals surface area contributed by atoms with Crippen molar-refractivity contribution in [1.82, 2.24) is 15.1 Å². The fraction of sp³-hybridized carbons (Fsp3) is 0.429. The van der Waals surface area contributed by atoms with Gasteiger partial charge in [-0.1, -0.05) is 0 Å². The lowest BCUT2D eigenvalue weighted by Gasteiger charge is -2.30. The summed E-state index contributed by atoms with van der Waals surface area (Å²) in [6, 6.07) is 4.69. The highest BCUT2D eigenvalue weighted by Crippen LogP contribution is 2.31. The number of aromatic amines is 1. The van der Waals surface area contributed by atoms with Crippen LogP contribution < -0.4 is 0 Å². The van der Waals surface area contributed by atoms with E-state index in [-0.39, 0.29) is 11.7 Å². The molecule has 0 saturated carbocycles. The van der Waals surface area contributed by atoms with Crippen molar-refractivity contribution in [2.45, 2.75) is 25.7 Å². The van der Waals surface area contributed by atoms with Crippen LogP contribution in [0.15, 0.2) is 18.2 Å². The minimum atomic E-state index is -0.267. The molecule has 5 heteroatoms. The van der Waals surface area contributed by atoms with Crippen LogP contribution in [0.1, 0.15) is 31.4 Å². The number of aromatic nitrogens is 2. The van der Waals surface area contributed by atoms with Gasteiger partial charge in [0.25, 0.3) is 0 Å². The van der Waals surface area contributed by atoms with Crippen molar-refractivity contribution in [2.24, 2.45) is 0 Å². The molecule has 19 heavy (non-hydrogen) atoms. The fourth-order valence-corrected chi connectivity index (χ4v) is 2.80. The third-order valence-electron chi connectivity index (χ3n) is 3.90. The first kappa shape index (κ1) is 12.1. The smallest absolute Gasteiger partial charge is 0.219 e. The van der Waals surface area contributed by atoms with Crippen LogP contribution >= 0.6 is 0 Å². The zero-order chi connectivity index (χ0) is 13.4. The Balaban J connectivity index is 1.84. The summed E-state index contributed by atoms with van der Waals surface area (Å²) in [7, 11) is 0. The molecule has 0 aliphatic carbocycles. The van der Waals surface area contributed by atoms with Gasteiger partial charge < -0.3 is 4.90 Å². The number of amides is 1. The lowest BCUT2D eigenvalue weighted by molar-refractivity contribution is -0.129. The van der Waals surface area contributed by atoms with Crippen LogP contribution in [0.4, 0.5) is 4.39 Å². The number of hydrogen-bond donors (Lipinski definition) is 1. The number of carbonyl (C=O) groups is 1. The summed E-state index contributed by atoms with van der Waals surface area (Å²) in [6.07, 6.45) is 1.85. The highest BCUT2D eigenvalue weighted by atomic mass is 19.1. The zero-order valence-electron chi connectivity index (χ0n) is 10.8. The Bertz CT molecular complexity index is 614. The summed E-state index contributed by atoms with van der Waals surface area (Å²) in [4.78, 5) is 13.2. The number of carbonyl (C=O) groups excluding carboxylic acids is 1. The van der Waals surface area contributed by atoms with Crippen LogP contribution in [0.2, 0.25) is 0 Å². The first-order valence-corrected chi connectivity index (χ1v) is 6.54. The molecule has 1 saturated heterocycles. The number of hydrogen-bond acceptors (Lipinski definition) is 2. The molecule has 3 rings (SSSR count). The molecule has 0 atom stereocenters. The maximum atomic E-state index is 13.1. The average Bonchev–Trinajstić information content (AvgIpc) is 2.81. The summed E-state index contributed by atoms with van der Waals surface area (Å²) in [5, 5.41) is 8.19. The van der Waals surface area contributed by atoms with E-state index in [9.17, 15) is 9.18 Å². The SMILES string of the molecule is CC(=O)N1CCC(c2[nH]nc3cc(F)ccc23)CC1. The van der Waals surface area contributed by atoms with Crippen molar-refractivity contribution < 1.29 is 9.18 Å². The Hall–Kier alpha value is -1.91. The molecule has 1 N–H and O–H groups in total. The first-order chi connectivity index (χ1) is 9.15. The van der Waals surface area contributed by atoms with Crippen molar-refractivity contribution >= 4 is 16.8 Å². The van der Waals surface area contributed by atoms with Crippen LogP contribution in [-0.4, -0.2) is 34.1 Å². The minimum absolute atomic E-state index is 0.134. The summed E-state index contributed by atoms with van der Waals surface area (Å²) in [5.41, 5.74) is 1.74. The van der Waals surface area contributed by atoms with E-state index in [1.807, 2.05) is 4.90 Å². The standard InChI is InChI=1S/C14H16FN3O/c1-9(19)18-6-4-10(5-7-18)14-12-3-2-11(15)8-13(12)16-17-14/h2-3,8,10H,4-7H2,1H3,(H,16,17). The van der Waals surface area contributed by atoms with Gasteiger partial charge in [0.2, 0.25) is 5.91 Å². The van der Waals surface area contributed by atoms with Crippen molar-refractivity contribution in [3.63, 3.8) is 0 Å². The van der Waals surface area contributed by atoms with Crippen molar-refractivity contribution in [2.75, 3.05) is 13.1 Å². The van der Waals surface area contributed by atoms with Gasteiger partial charge in [-0.15, -0.1) is 0 Å². The first-order valence-electron chi connectivity index (χ1n) is 6.54. The summed E-state index contributed by atoms with van der Waals surface area (Å²) in [5.74, 6) is 0.234. The number of halogens is 1. The van der Waals surface area contributed by atoms with E-state index >= 15 is 0 Å². The van der Waals surface area contributed by atoms with E-state index < -0.39 is 0 Å². The summed E-state index contributed by atoms with van der Waals surface area (Å²) < 4.78 is 13.1. The molecule has 2 heterocycles. The van der Waals surface area contributed by atoms with Gasteiger partial charge in [-0.05, 0) is 25.0 Å². The number of likely N-dealkylation sites (tertiary alicyclic amines) is 1. The van der Waals surface area contributed by atoms with Crippen LogP contribution in [0.5, 0.6) is 0 Å². The highest BCUT2D eigenvalue weighted by molar-refractivity contribution is 5.82. The van der Waals surface area contributed by atoms with Gasteiger partial charge in [0.1, 0.15) is 5.82 Å². The van der Waals surface area contributed by atoms with E-state index in [1.54, 1.807) is 13.0 Å². The van der Waals surface area contributed by atoms with E-state index in [1.165, 1.54) is 12.1 Å². The molecule has 4 nitrogen and oxygen atoms in total. The Morgan fingerprint density at radius 1 is 1.42 bits per heavy atom. The number of nitrogens with one attached hydrogen (secondary N) is 1. The maximum Gasteiger partial charge on any atom is 0.219 e. The Morgan fingerprint density at radius 2 is 2.16 bits per heavy atom. The Kier molecular flexibility index (Phi) is 2.97. The van der Waals surface area contributed by atoms with Gasteiger partial charge in [-0.25, -0.2) is 4.39 Å². The van der Waals surface area contributed by atoms with Gasteiger partial charge in [0.15, 0.2) is 0 Å². The second-order valence-electron chi connectivity index (χ2n) is 5.08. The lowest BCUT2D eigenvalue weighted by atomic mass is 9.91. The average molecular weight is 261 g/mol. The number of rotatable bonds is 1. The number of nitrogens with zero attached hydrogens (tertiary/aromatic N) is 2. The molecular formula is C14H16FN3O. The van der Waals surface area contributed by atoms with Crippen LogP contribution in [-0.2, 0) is 4.79 Å². The molecular weight excluding hydrogens is 245 g/mol. The Morgan fingerprint density at radius 3 is 2.84 bits per heavy atom. The molecule has 1 amide bonds. The summed E-state index contributed by atoms with van der Waals surface area (Å²) >= 11 is 0. The van der Waals surface area contributed by atoms with Gasteiger partial charge >= 0.3 is 0 Å². The van der Waals surface area contributed by atoms with E-state index in [4.69, 9.17) is 0 Å². The zero-order valence-corrected chi connectivity index (χ0v) is 10.8. The number of piperidine rings is 1. The molecule has 100 valence electrons. The van der Waals surface area contributed by atoms with E-state index in [0.29, 0.717) is 11.4 Å². The predicted molar refractivity (Wildman–Crippen MR) is 70.3 cm³/mol. The third kappa shape index (κ3) is 2.20. The van der Waals surface area contributed by atoms with Crippen LogP contribution in [0, 0.1) is 5.82 Å². The van der Waals surface area contributed by atoms with Gasteiger partial charge in [0, 0.05) is 43.1 Å². The highest BCUT2D eigenvalue weighted by Gasteiger charge is 2.24. The molecule has 1 aromatic heterocycles. The largest absolute Gasteiger partial charge is 0.343 e. The lowest BCUT2D eigenvalue weighted by Crippen LogP contribution is -2.36. The molecule has 1 aliphatic heterocycles. The van der Waals surface area contributed by atoms with Crippen molar-refractivity contribution in [3.8, 4) is 0 Å². The molecule has 0 radical (unpaired) electrons. The summed E-state index contributed by atoms with van der Waals surface area (Å²) in [6.45, 7) is 3.16. The Labute approximate surface area is 110 Å². The van der Waals surface area contributed by atoms with Gasteiger partial charge in [-0.2, -0.15) is 5.10 Å². The molecule has 1 fully saturated rings. The monoisotopic (exact) mass is 261 g/mol. The molecule has 1 aromatic carbocycles. The van der Waals surface area contributed by atoms with E-state index in [2.05, 4.69) is 10.2 Å². The molecule has 1 aliphatic rings. The van der Waals surface area contributed by atoms with Crippen molar-refractivity contribution in [3.05, 3.63) is 29.7 Å². The van der Waals surface area contributed by atoms with Gasteiger partial charge in [0.05, 0.1) is 5.52 Å². The molecule has 0 spiro atoms. The minimum Gasteiger partial charge on any atom is -0.343 e. The topological polar surface area (TPSA) is 49.0 Å². The third-order valence-corrected chi connectivity index (χ3v) is 3.90. The van der Waals surface area contributed by atoms with Crippen LogP contribution in [0.25, 0.3) is 10.9 Å². The van der Waals surface area contributed by atoms with E-state index in [0.717, 1.165) is 37.0 Å². The molecule has 2 aromatic rings. The fourth-order valence-electron chi connectivity index (χ4n) is 2.80. The second-order valence-corrected chi connectivity index (χ2v) is 5.08. The van der Waals surface area contributed by atoms with Crippen molar-refractivity contribution in [1.29, 1.82) is 0 Å². The van der Waals surface area contributed by atoms with Gasteiger partial charge in [-0.3, -0.25) is 9.89 Å². The number of fused-ring (bicyclic) bond motifs is 1. The maximum absolute atomic E-state index is 13.1. The van der Waals surface area contributed by atoms with Crippen LogP contribution in [0.3, 0.4) is 0 Å². The second kappa shape index (κ2) is 4.64.